The summed E-state index contributed by atoms with van der Waals surface area (Å²) in [6.07, 6.45) is 3.70. The van der Waals surface area contributed by atoms with Crippen LogP contribution < -0.4 is 11.5 Å². The standard InChI is InChI=1S/C11H26N2O3Si/c1-14-11(7-5-8-12)10(13)6-4-9-17(11,15-2)16-3/h10H,4-9,12-13H2,1-3H3. The molecule has 1 fully saturated rings. The van der Waals surface area contributed by atoms with E-state index in [9.17, 15) is 0 Å². The number of ether oxygens (including phenoxy) is 1. The van der Waals surface area contributed by atoms with Crippen molar-refractivity contribution in [3.05, 3.63) is 0 Å². The van der Waals surface area contributed by atoms with Gasteiger partial charge in [0, 0.05) is 27.4 Å². The number of nitrogens with two attached hydrogens (primary N) is 2. The van der Waals surface area contributed by atoms with E-state index in [0.717, 1.165) is 31.7 Å². The topological polar surface area (TPSA) is 79.7 Å². The first kappa shape index (κ1) is 15.1. The third-order valence-corrected chi connectivity index (χ3v) is 8.49. The third-order valence-electron chi connectivity index (χ3n) is 4.04. The summed E-state index contributed by atoms with van der Waals surface area (Å²) in [5.74, 6) is 0. The van der Waals surface area contributed by atoms with Crippen LogP contribution in [0.25, 0.3) is 0 Å². The van der Waals surface area contributed by atoms with Crippen LogP contribution in [0.1, 0.15) is 25.7 Å². The lowest BCUT2D eigenvalue weighted by molar-refractivity contribution is -0.0282. The quantitative estimate of drug-likeness (QED) is 0.682. The fourth-order valence-electron chi connectivity index (χ4n) is 3.06. The molecule has 0 aromatic carbocycles. The maximum Gasteiger partial charge on any atom is 0.372 e. The summed E-state index contributed by atoms with van der Waals surface area (Å²) >= 11 is 0. The van der Waals surface area contributed by atoms with Crippen molar-refractivity contribution in [3.8, 4) is 0 Å². The molecule has 0 spiro atoms. The molecule has 0 aromatic heterocycles. The molecule has 1 rings (SSSR count). The normalized spacial score (nSPS) is 32.6. The van der Waals surface area contributed by atoms with Crippen molar-refractivity contribution in [3.63, 3.8) is 0 Å². The van der Waals surface area contributed by atoms with E-state index in [2.05, 4.69) is 0 Å². The van der Waals surface area contributed by atoms with Gasteiger partial charge in [-0.3, -0.25) is 0 Å². The lowest BCUT2D eigenvalue weighted by atomic mass is 10.0. The predicted octanol–water partition coefficient (Wildman–Crippen LogP) is 0.506. The first-order chi connectivity index (χ1) is 8.12. The van der Waals surface area contributed by atoms with Gasteiger partial charge in [0.1, 0.15) is 5.22 Å². The van der Waals surface area contributed by atoms with Gasteiger partial charge in [0.15, 0.2) is 0 Å². The van der Waals surface area contributed by atoms with Crippen LogP contribution in [0.3, 0.4) is 0 Å². The molecule has 1 aliphatic rings. The number of methoxy groups -OCH3 is 1. The van der Waals surface area contributed by atoms with Crippen LogP contribution >= 0.6 is 0 Å². The van der Waals surface area contributed by atoms with Crippen molar-refractivity contribution in [1.29, 1.82) is 0 Å². The molecule has 17 heavy (non-hydrogen) atoms. The molecule has 2 atom stereocenters. The maximum atomic E-state index is 6.30. The maximum absolute atomic E-state index is 6.30. The monoisotopic (exact) mass is 262 g/mol. The van der Waals surface area contributed by atoms with Gasteiger partial charge in [-0.25, -0.2) is 0 Å². The Balaban J connectivity index is 3.04. The average molecular weight is 262 g/mol. The Labute approximate surface area is 105 Å². The molecule has 102 valence electrons. The molecule has 1 saturated heterocycles. The van der Waals surface area contributed by atoms with Crippen molar-refractivity contribution < 1.29 is 13.6 Å². The van der Waals surface area contributed by atoms with Crippen LogP contribution in [-0.4, -0.2) is 47.7 Å². The highest BCUT2D eigenvalue weighted by Gasteiger charge is 2.62. The molecule has 0 aromatic rings. The molecule has 4 N–H and O–H groups in total. The highest BCUT2D eigenvalue weighted by atomic mass is 28.4. The minimum atomic E-state index is -2.41. The molecule has 0 amide bonds. The van der Waals surface area contributed by atoms with E-state index in [1.807, 2.05) is 0 Å². The van der Waals surface area contributed by atoms with E-state index in [-0.39, 0.29) is 6.04 Å². The third kappa shape index (κ3) is 2.43. The van der Waals surface area contributed by atoms with Crippen LogP contribution in [0, 0.1) is 0 Å². The zero-order chi connectivity index (χ0) is 12.9. The Morgan fingerprint density at radius 2 is 1.94 bits per heavy atom. The van der Waals surface area contributed by atoms with Gasteiger partial charge < -0.3 is 25.1 Å². The van der Waals surface area contributed by atoms with E-state index in [1.54, 1.807) is 21.3 Å². The van der Waals surface area contributed by atoms with Crippen molar-refractivity contribution >= 4 is 8.56 Å². The van der Waals surface area contributed by atoms with Gasteiger partial charge >= 0.3 is 8.56 Å². The number of rotatable bonds is 6. The van der Waals surface area contributed by atoms with Crippen molar-refractivity contribution in [2.75, 3.05) is 27.9 Å². The second-order valence-electron chi connectivity index (χ2n) is 4.65. The Morgan fingerprint density at radius 1 is 1.29 bits per heavy atom. The lowest BCUT2D eigenvalue weighted by Crippen LogP contribution is -2.72. The van der Waals surface area contributed by atoms with E-state index < -0.39 is 13.8 Å². The summed E-state index contributed by atoms with van der Waals surface area (Å²) in [7, 11) is 2.72. The van der Waals surface area contributed by atoms with E-state index in [1.165, 1.54) is 0 Å². The minimum absolute atomic E-state index is 0.0284. The summed E-state index contributed by atoms with van der Waals surface area (Å²) < 4.78 is 17.4. The van der Waals surface area contributed by atoms with E-state index >= 15 is 0 Å². The van der Waals surface area contributed by atoms with E-state index in [4.69, 9.17) is 25.1 Å². The minimum Gasteiger partial charge on any atom is -0.396 e. The lowest BCUT2D eigenvalue weighted by Gasteiger charge is -2.51. The van der Waals surface area contributed by atoms with Gasteiger partial charge in [-0.05, 0) is 38.3 Å². The molecule has 0 saturated carbocycles. The number of hydrogen-bond donors (Lipinski definition) is 2. The van der Waals surface area contributed by atoms with Crippen molar-refractivity contribution in [1.82, 2.24) is 0 Å². The molecule has 6 heteroatoms. The molecule has 2 unspecified atom stereocenters. The highest BCUT2D eigenvalue weighted by molar-refractivity contribution is 6.71. The van der Waals surface area contributed by atoms with Crippen LogP contribution in [0.2, 0.25) is 6.04 Å². The fourth-order valence-corrected chi connectivity index (χ4v) is 7.00. The largest absolute Gasteiger partial charge is 0.396 e. The molecule has 0 aliphatic carbocycles. The van der Waals surface area contributed by atoms with Gasteiger partial charge in [-0.1, -0.05) is 0 Å². The summed E-state index contributed by atoms with van der Waals surface area (Å²) in [6.45, 7) is 0.635. The molecular formula is C11H26N2O3Si. The summed E-state index contributed by atoms with van der Waals surface area (Å²) in [6, 6.07) is 0.908. The van der Waals surface area contributed by atoms with Gasteiger partial charge in [-0.2, -0.15) is 0 Å². The first-order valence-corrected chi connectivity index (χ1v) is 8.26. The summed E-state index contributed by atoms with van der Waals surface area (Å²) in [5.41, 5.74) is 11.9. The Bertz CT molecular complexity index is 239. The SMILES string of the molecule is COC1(CCCN)C(N)CCC[Si]1(OC)OC. The van der Waals surface area contributed by atoms with Crippen molar-refractivity contribution in [2.24, 2.45) is 11.5 Å². The Kier molecular flexibility index (Phi) is 5.55. The van der Waals surface area contributed by atoms with Crippen LogP contribution in [0.5, 0.6) is 0 Å². The second-order valence-corrected chi connectivity index (χ2v) is 8.31. The van der Waals surface area contributed by atoms with Gasteiger partial charge in [-0.15, -0.1) is 0 Å². The van der Waals surface area contributed by atoms with Crippen molar-refractivity contribution in [2.45, 2.75) is 43.0 Å². The predicted molar refractivity (Wildman–Crippen MR) is 69.8 cm³/mol. The highest BCUT2D eigenvalue weighted by Crippen LogP contribution is 2.42. The smallest absolute Gasteiger partial charge is 0.372 e. The van der Waals surface area contributed by atoms with Gasteiger partial charge in [0.25, 0.3) is 0 Å². The number of hydrogen-bond acceptors (Lipinski definition) is 5. The molecule has 0 bridgehead atoms. The molecule has 5 nitrogen and oxygen atoms in total. The van der Waals surface area contributed by atoms with Crippen LogP contribution in [-0.2, 0) is 13.6 Å². The first-order valence-electron chi connectivity index (χ1n) is 6.23. The zero-order valence-electron chi connectivity index (χ0n) is 11.2. The van der Waals surface area contributed by atoms with Gasteiger partial charge in [0.05, 0.1) is 0 Å². The van der Waals surface area contributed by atoms with Crippen LogP contribution in [0.4, 0.5) is 0 Å². The molecule has 0 radical (unpaired) electrons. The molecule has 1 heterocycles. The average Bonchev–Trinajstić information content (AvgIpc) is 2.37. The fraction of sp³-hybridized carbons (Fsp3) is 1.00. The Hall–Kier alpha value is 0.0169. The molecule has 1 aliphatic heterocycles. The molecular weight excluding hydrogens is 236 g/mol. The van der Waals surface area contributed by atoms with Crippen LogP contribution in [0.15, 0.2) is 0 Å². The summed E-state index contributed by atoms with van der Waals surface area (Å²) in [4.78, 5) is 0. The summed E-state index contributed by atoms with van der Waals surface area (Å²) in [5, 5.41) is -0.464. The van der Waals surface area contributed by atoms with E-state index in [0.29, 0.717) is 6.54 Å². The Morgan fingerprint density at radius 3 is 2.41 bits per heavy atom. The second kappa shape index (κ2) is 6.26. The zero-order valence-corrected chi connectivity index (χ0v) is 12.2. The van der Waals surface area contributed by atoms with Gasteiger partial charge in [0.2, 0.25) is 0 Å².